The number of benzene rings is 2. The quantitative estimate of drug-likeness (QED) is 0.497. The molecule has 0 unspecified atom stereocenters. The predicted molar refractivity (Wildman–Crippen MR) is 98.6 cm³/mol. The van der Waals surface area contributed by atoms with Gasteiger partial charge >= 0.3 is 11.1 Å². The van der Waals surface area contributed by atoms with Crippen LogP contribution in [0.5, 0.6) is 5.75 Å². The van der Waals surface area contributed by atoms with Crippen molar-refractivity contribution in [3.05, 3.63) is 92.0 Å². The molecular formula is C19H14ClFN2O4. The predicted octanol–water partition coefficient (Wildman–Crippen LogP) is 2.68. The molecule has 8 heteroatoms. The molecule has 0 aliphatic rings. The number of ketones is 1. The maximum atomic E-state index is 12.9. The number of Topliss-reactive ketones (excluding diaryl/α,β-unsaturated/α-hetero) is 1. The second-order valence-corrected chi connectivity index (χ2v) is 6.06. The summed E-state index contributed by atoms with van der Waals surface area (Å²) in [5.74, 6) is -0.446. The van der Waals surface area contributed by atoms with E-state index < -0.39 is 22.7 Å². The van der Waals surface area contributed by atoms with Crippen molar-refractivity contribution in [3.8, 4) is 11.4 Å². The summed E-state index contributed by atoms with van der Waals surface area (Å²) in [7, 11) is 1.46. The van der Waals surface area contributed by atoms with Crippen molar-refractivity contribution in [3.63, 3.8) is 0 Å². The molecule has 1 aromatic heterocycles. The normalized spacial score (nSPS) is 10.6. The van der Waals surface area contributed by atoms with Crippen molar-refractivity contribution < 1.29 is 13.9 Å². The van der Waals surface area contributed by atoms with Crippen LogP contribution in [-0.4, -0.2) is 22.0 Å². The maximum absolute atomic E-state index is 12.9. The van der Waals surface area contributed by atoms with Gasteiger partial charge in [-0.05, 0) is 42.5 Å². The molecule has 0 saturated heterocycles. The molecule has 6 nitrogen and oxygen atoms in total. The minimum Gasteiger partial charge on any atom is -0.495 e. The van der Waals surface area contributed by atoms with Crippen LogP contribution in [0.2, 0.25) is 5.02 Å². The van der Waals surface area contributed by atoms with E-state index in [0.717, 1.165) is 21.3 Å². The second kappa shape index (κ2) is 7.59. The lowest BCUT2D eigenvalue weighted by Gasteiger charge is -2.10. The molecule has 0 atom stereocenters. The number of halogens is 2. The zero-order chi connectivity index (χ0) is 19.6. The summed E-state index contributed by atoms with van der Waals surface area (Å²) in [4.78, 5) is 37.0. The molecule has 0 bridgehead atoms. The van der Waals surface area contributed by atoms with Crippen LogP contribution in [0.4, 0.5) is 4.39 Å². The first-order valence-corrected chi connectivity index (χ1v) is 8.23. The van der Waals surface area contributed by atoms with E-state index >= 15 is 0 Å². The van der Waals surface area contributed by atoms with E-state index in [9.17, 15) is 18.8 Å². The minimum absolute atomic E-state index is 0.245. The lowest BCUT2D eigenvalue weighted by atomic mass is 10.1. The van der Waals surface area contributed by atoms with Crippen LogP contribution in [0, 0.1) is 5.82 Å². The maximum Gasteiger partial charge on any atom is 0.320 e. The van der Waals surface area contributed by atoms with Crippen LogP contribution in [0.3, 0.4) is 0 Å². The molecule has 0 N–H and O–H groups in total. The van der Waals surface area contributed by atoms with Crippen LogP contribution in [0.25, 0.3) is 5.69 Å². The highest BCUT2D eigenvalue weighted by Gasteiger charge is 2.12. The fraction of sp³-hybridized carbons (Fsp3) is 0.105. The number of hydrogen-bond donors (Lipinski definition) is 0. The summed E-state index contributed by atoms with van der Waals surface area (Å²) in [5.41, 5.74) is -1.06. The summed E-state index contributed by atoms with van der Waals surface area (Å²) >= 11 is 6.06. The molecular weight excluding hydrogens is 375 g/mol. The Hall–Kier alpha value is -3.19. The molecule has 138 valence electrons. The van der Waals surface area contributed by atoms with E-state index in [-0.39, 0.29) is 17.1 Å². The molecule has 1 heterocycles. The first kappa shape index (κ1) is 18.6. The molecule has 0 fully saturated rings. The molecule has 0 amide bonds. The van der Waals surface area contributed by atoms with Gasteiger partial charge in [0.25, 0.3) is 0 Å². The molecule has 0 aliphatic carbocycles. The molecule has 0 spiro atoms. The third-order valence-electron chi connectivity index (χ3n) is 3.95. The Kier molecular flexibility index (Phi) is 5.23. The summed E-state index contributed by atoms with van der Waals surface area (Å²) in [5, 5.41) is 0.289. The summed E-state index contributed by atoms with van der Waals surface area (Å²) < 4.78 is 20.1. The zero-order valence-electron chi connectivity index (χ0n) is 14.2. The Labute approximate surface area is 158 Å². The van der Waals surface area contributed by atoms with Gasteiger partial charge in [-0.25, -0.2) is 4.39 Å². The third kappa shape index (κ3) is 3.83. The van der Waals surface area contributed by atoms with Crippen LogP contribution in [-0.2, 0) is 6.54 Å². The fourth-order valence-electron chi connectivity index (χ4n) is 2.52. The van der Waals surface area contributed by atoms with E-state index in [2.05, 4.69) is 0 Å². The highest BCUT2D eigenvalue weighted by Crippen LogP contribution is 2.25. The van der Waals surface area contributed by atoms with Gasteiger partial charge in [-0.2, -0.15) is 0 Å². The first-order valence-electron chi connectivity index (χ1n) is 7.85. The molecule has 0 aliphatic heterocycles. The van der Waals surface area contributed by atoms with Crippen LogP contribution in [0.1, 0.15) is 10.4 Å². The molecule has 3 aromatic rings. The van der Waals surface area contributed by atoms with Gasteiger partial charge in [-0.1, -0.05) is 11.6 Å². The van der Waals surface area contributed by atoms with E-state index in [1.165, 1.54) is 37.7 Å². The number of methoxy groups -OCH3 is 1. The number of ether oxygens (including phenoxy) is 1. The highest BCUT2D eigenvalue weighted by atomic mass is 35.5. The van der Waals surface area contributed by atoms with Gasteiger partial charge < -0.3 is 9.30 Å². The van der Waals surface area contributed by atoms with Crippen molar-refractivity contribution in [2.75, 3.05) is 7.11 Å². The van der Waals surface area contributed by atoms with E-state index in [1.807, 2.05) is 0 Å². The van der Waals surface area contributed by atoms with Gasteiger partial charge in [0.15, 0.2) is 5.78 Å². The van der Waals surface area contributed by atoms with Crippen molar-refractivity contribution in [1.29, 1.82) is 0 Å². The molecule has 2 aromatic carbocycles. The van der Waals surface area contributed by atoms with Gasteiger partial charge in [0.05, 0.1) is 24.4 Å². The standard InChI is InChI=1S/C19H14ClFN2O4/c1-27-17-7-6-14(10-15(17)20)23-9-8-22(18(25)19(23)26)11-16(24)12-2-4-13(21)5-3-12/h2-10H,11H2,1H3. The topological polar surface area (TPSA) is 70.3 Å². The molecule has 0 radical (unpaired) electrons. The summed E-state index contributed by atoms with van der Waals surface area (Å²) in [6.07, 6.45) is 2.71. The lowest BCUT2D eigenvalue weighted by molar-refractivity contribution is 0.0970. The average Bonchev–Trinajstić information content (AvgIpc) is 2.66. The van der Waals surface area contributed by atoms with Gasteiger partial charge in [0.1, 0.15) is 11.6 Å². The number of nitrogens with zero attached hydrogens (tertiary/aromatic N) is 2. The summed E-state index contributed by atoms with van der Waals surface area (Å²) in [6.45, 7) is -0.329. The van der Waals surface area contributed by atoms with Crippen molar-refractivity contribution >= 4 is 17.4 Å². The van der Waals surface area contributed by atoms with Gasteiger partial charge in [0.2, 0.25) is 0 Å². The molecule has 3 rings (SSSR count). The summed E-state index contributed by atoms with van der Waals surface area (Å²) in [6, 6.07) is 9.61. The SMILES string of the molecule is COc1ccc(-n2ccn(CC(=O)c3ccc(F)cc3)c(=O)c2=O)cc1Cl. The van der Waals surface area contributed by atoms with Crippen molar-refractivity contribution in [1.82, 2.24) is 9.13 Å². The molecule has 0 saturated carbocycles. The van der Waals surface area contributed by atoms with E-state index in [1.54, 1.807) is 12.1 Å². The Bertz CT molecular complexity index is 1120. The van der Waals surface area contributed by atoms with Gasteiger partial charge in [0, 0.05) is 18.0 Å². The largest absolute Gasteiger partial charge is 0.495 e. The van der Waals surface area contributed by atoms with Crippen LogP contribution >= 0.6 is 11.6 Å². The second-order valence-electron chi connectivity index (χ2n) is 5.66. The Balaban J connectivity index is 1.92. The van der Waals surface area contributed by atoms with Gasteiger partial charge in [-0.15, -0.1) is 0 Å². The fourth-order valence-corrected chi connectivity index (χ4v) is 2.78. The van der Waals surface area contributed by atoms with Crippen molar-refractivity contribution in [2.45, 2.75) is 6.54 Å². The first-order chi connectivity index (χ1) is 12.9. The monoisotopic (exact) mass is 388 g/mol. The Morgan fingerprint density at radius 1 is 1.07 bits per heavy atom. The highest BCUT2D eigenvalue weighted by molar-refractivity contribution is 6.32. The number of rotatable bonds is 5. The number of carbonyl (C=O) groups is 1. The number of aromatic nitrogens is 2. The molecule has 27 heavy (non-hydrogen) atoms. The van der Waals surface area contributed by atoms with Crippen molar-refractivity contribution in [2.24, 2.45) is 0 Å². The zero-order valence-corrected chi connectivity index (χ0v) is 14.9. The Morgan fingerprint density at radius 2 is 1.78 bits per heavy atom. The van der Waals surface area contributed by atoms with Crippen LogP contribution < -0.4 is 15.9 Å². The van der Waals surface area contributed by atoms with E-state index in [4.69, 9.17) is 16.3 Å². The van der Waals surface area contributed by atoms with Gasteiger partial charge in [-0.3, -0.25) is 19.0 Å². The lowest BCUT2D eigenvalue weighted by Crippen LogP contribution is -2.41. The number of hydrogen-bond acceptors (Lipinski definition) is 4. The average molecular weight is 389 g/mol. The smallest absolute Gasteiger partial charge is 0.320 e. The number of carbonyl (C=O) groups excluding carboxylic acids is 1. The Morgan fingerprint density at radius 3 is 2.41 bits per heavy atom. The van der Waals surface area contributed by atoms with Crippen LogP contribution in [0.15, 0.2) is 64.4 Å². The van der Waals surface area contributed by atoms with E-state index in [0.29, 0.717) is 11.4 Å². The third-order valence-corrected chi connectivity index (χ3v) is 4.25. The minimum atomic E-state index is -0.861.